The van der Waals surface area contributed by atoms with E-state index in [1.165, 1.54) is 48.5 Å². The Kier molecular flexibility index (Phi) is 12.4. The van der Waals surface area contributed by atoms with Crippen molar-refractivity contribution in [2.45, 2.75) is 78.4 Å². The number of hydrogen-bond acceptors (Lipinski definition) is 14. The average Bonchev–Trinajstić information content (AvgIpc) is 3.52. The summed E-state index contributed by atoms with van der Waals surface area (Å²) in [5.41, 5.74) is 10.00. The summed E-state index contributed by atoms with van der Waals surface area (Å²) in [7, 11) is 0. The number of anilines is 2. The zero-order chi connectivity index (χ0) is 37.2. The van der Waals surface area contributed by atoms with Gasteiger partial charge >= 0.3 is 24.1 Å². The smallest absolute Gasteiger partial charge is 0.426 e. The van der Waals surface area contributed by atoms with Gasteiger partial charge in [0.25, 0.3) is 23.6 Å². The van der Waals surface area contributed by atoms with Crippen LogP contribution in [0.5, 0.6) is 0 Å². The van der Waals surface area contributed by atoms with Gasteiger partial charge in [-0.25, -0.2) is 30.0 Å². The highest BCUT2D eigenvalue weighted by molar-refractivity contribution is 6.03. The van der Waals surface area contributed by atoms with E-state index in [0.29, 0.717) is 21.5 Å². The van der Waals surface area contributed by atoms with Gasteiger partial charge in [0.05, 0.1) is 22.5 Å². The third-order valence-corrected chi connectivity index (χ3v) is 6.02. The van der Waals surface area contributed by atoms with E-state index < -0.39 is 59.0 Å². The van der Waals surface area contributed by atoms with Gasteiger partial charge in [0, 0.05) is 25.7 Å². The maximum atomic E-state index is 11.9. The molecule has 2 fully saturated rings. The lowest BCUT2D eigenvalue weighted by atomic mass is 10.2. The number of hydrogen-bond donors (Lipinski definition) is 4. The second-order valence-corrected chi connectivity index (χ2v) is 12.6. The van der Waals surface area contributed by atoms with E-state index in [1.807, 2.05) is 0 Å². The molecule has 2 saturated heterocycles. The number of hydroxylamine groups is 4. The number of rotatable bonds is 8. The molecule has 50 heavy (non-hydrogen) atoms. The fourth-order valence-corrected chi connectivity index (χ4v) is 3.82. The molecule has 4 rings (SSSR count). The van der Waals surface area contributed by atoms with Gasteiger partial charge in [-0.2, -0.15) is 0 Å². The summed E-state index contributed by atoms with van der Waals surface area (Å²) < 4.78 is 10.1. The topological polar surface area (TPSA) is 228 Å². The lowest BCUT2D eigenvalue weighted by Gasteiger charge is -2.20. The number of carbonyl (C=O) groups is 8. The van der Waals surface area contributed by atoms with Crippen LogP contribution in [0.3, 0.4) is 0 Å². The van der Waals surface area contributed by atoms with E-state index in [1.54, 1.807) is 41.5 Å². The first-order valence-electron chi connectivity index (χ1n) is 15.2. The summed E-state index contributed by atoms with van der Waals surface area (Å²) in [4.78, 5) is 102. The highest BCUT2D eigenvalue weighted by atomic mass is 16.7. The van der Waals surface area contributed by atoms with Crippen molar-refractivity contribution in [3.63, 3.8) is 0 Å². The van der Waals surface area contributed by atoms with Crippen LogP contribution in [0.15, 0.2) is 48.5 Å². The molecule has 0 spiro atoms. The van der Waals surface area contributed by atoms with Crippen LogP contribution in [0.1, 0.15) is 87.9 Å². The standard InChI is InChI=1S/2C16H19N3O6/c2*1-16(2,3)24-15(23)18-17-11-6-4-10(5-7-11)14(22)25-19-12(20)8-9-13(19)21/h2*4-7,17H,8-9H2,1-3H3,(H,18,23). The molecule has 0 saturated carbocycles. The number of hydrazine groups is 2. The van der Waals surface area contributed by atoms with Gasteiger partial charge in [-0.15, -0.1) is 10.1 Å². The Morgan fingerprint density at radius 3 is 1.06 bits per heavy atom. The van der Waals surface area contributed by atoms with E-state index in [2.05, 4.69) is 21.7 Å². The average molecular weight is 699 g/mol. The fourth-order valence-electron chi connectivity index (χ4n) is 3.82. The van der Waals surface area contributed by atoms with Crippen LogP contribution in [-0.2, 0) is 38.3 Å². The number of benzene rings is 2. The molecule has 0 bridgehead atoms. The molecule has 0 radical (unpaired) electrons. The first kappa shape index (κ1) is 38.2. The summed E-state index contributed by atoms with van der Waals surface area (Å²) in [6, 6.07) is 11.8. The highest BCUT2D eigenvalue weighted by Gasteiger charge is 2.34. The Hall–Kier alpha value is -6.20. The van der Waals surface area contributed by atoms with E-state index in [0.717, 1.165) is 0 Å². The normalized spacial score (nSPS) is 14.3. The summed E-state index contributed by atoms with van der Waals surface area (Å²) in [5.74, 6) is -3.82. The Labute approximate surface area is 286 Å². The minimum absolute atomic E-state index is 0.0330. The SMILES string of the molecule is CC(C)(C)OC(=O)NNc1ccc(C(=O)ON2C(=O)CCC2=O)cc1.CC(C)(C)OC(=O)NNc1ccc(C(=O)ON2C(=O)CCC2=O)cc1. The Bertz CT molecular complexity index is 1480. The van der Waals surface area contributed by atoms with Crippen molar-refractivity contribution < 1.29 is 57.5 Å². The zero-order valence-electron chi connectivity index (χ0n) is 28.2. The first-order valence-corrected chi connectivity index (χ1v) is 15.2. The van der Waals surface area contributed by atoms with Crippen LogP contribution in [-0.4, -0.2) is 69.1 Å². The molecule has 2 aromatic rings. The van der Waals surface area contributed by atoms with Crippen LogP contribution < -0.4 is 21.7 Å². The van der Waals surface area contributed by atoms with Crippen LogP contribution >= 0.6 is 0 Å². The number of amides is 6. The third kappa shape index (κ3) is 12.1. The molecule has 0 atom stereocenters. The van der Waals surface area contributed by atoms with Crippen molar-refractivity contribution in [3.05, 3.63) is 59.7 Å². The van der Waals surface area contributed by atoms with Crippen molar-refractivity contribution >= 4 is 59.1 Å². The molecule has 2 aromatic carbocycles. The highest BCUT2D eigenvalue weighted by Crippen LogP contribution is 2.17. The van der Waals surface area contributed by atoms with Gasteiger partial charge in [0.1, 0.15) is 11.2 Å². The Morgan fingerprint density at radius 1 is 0.520 bits per heavy atom. The second-order valence-electron chi connectivity index (χ2n) is 12.6. The van der Waals surface area contributed by atoms with Gasteiger partial charge in [0.15, 0.2) is 0 Å². The molecular formula is C32H38N6O12. The van der Waals surface area contributed by atoms with E-state index in [9.17, 15) is 38.4 Å². The third-order valence-electron chi connectivity index (χ3n) is 6.02. The number of imide groups is 2. The van der Waals surface area contributed by atoms with Crippen LogP contribution in [0.25, 0.3) is 0 Å². The van der Waals surface area contributed by atoms with Gasteiger partial charge < -0.3 is 19.1 Å². The lowest BCUT2D eigenvalue weighted by molar-refractivity contribution is -0.173. The minimum Gasteiger partial charge on any atom is -0.443 e. The molecule has 0 unspecified atom stereocenters. The number of carbonyl (C=O) groups excluding carboxylic acids is 8. The maximum Gasteiger partial charge on any atom is 0.426 e. The predicted octanol–water partition coefficient (Wildman–Crippen LogP) is 3.52. The van der Waals surface area contributed by atoms with Crippen LogP contribution in [0.2, 0.25) is 0 Å². The molecule has 268 valence electrons. The van der Waals surface area contributed by atoms with E-state index >= 15 is 0 Å². The van der Waals surface area contributed by atoms with E-state index in [4.69, 9.17) is 19.1 Å². The van der Waals surface area contributed by atoms with Gasteiger partial charge in [0.2, 0.25) is 0 Å². The monoisotopic (exact) mass is 698 g/mol. The predicted molar refractivity (Wildman–Crippen MR) is 172 cm³/mol. The molecule has 2 heterocycles. The quantitative estimate of drug-likeness (QED) is 0.229. The molecule has 18 nitrogen and oxygen atoms in total. The van der Waals surface area contributed by atoms with Crippen LogP contribution in [0.4, 0.5) is 21.0 Å². The molecule has 2 aliphatic heterocycles. The minimum atomic E-state index is -0.824. The zero-order valence-corrected chi connectivity index (χ0v) is 28.2. The van der Waals surface area contributed by atoms with Gasteiger partial charge in [-0.1, -0.05) is 0 Å². The molecule has 4 N–H and O–H groups in total. The van der Waals surface area contributed by atoms with Crippen LogP contribution in [0, 0.1) is 0 Å². The van der Waals surface area contributed by atoms with Crippen molar-refractivity contribution in [2.24, 2.45) is 0 Å². The molecular weight excluding hydrogens is 660 g/mol. The summed E-state index contributed by atoms with van der Waals surface area (Å²) in [5, 5.41) is 0.969. The molecule has 0 aromatic heterocycles. The molecule has 0 aliphatic carbocycles. The lowest BCUT2D eigenvalue weighted by Crippen LogP contribution is -2.35. The molecule has 6 amide bonds. The number of ether oxygens (including phenoxy) is 2. The molecule has 18 heteroatoms. The summed E-state index contributed by atoms with van der Waals surface area (Å²) >= 11 is 0. The summed E-state index contributed by atoms with van der Waals surface area (Å²) in [6.45, 7) is 10.4. The van der Waals surface area contributed by atoms with Crippen molar-refractivity contribution in [1.29, 1.82) is 0 Å². The van der Waals surface area contributed by atoms with Gasteiger partial charge in [-0.3, -0.25) is 30.0 Å². The fraction of sp³-hybridized carbons (Fsp3) is 0.375. The van der Waals surface area contributed by atoms with Crippen molar-refractivity contribution in [1.82, 2.24) is 21.0 Å². The largest absolute Gasteiger partial charge is 0.443 e. The number of nitrogens with zero attached hydrogens (tertiary/aromatic N) is 2. The van der Waals surface area contributed by atoms with Crippen molar-refractivity contribution in [2.75, 3.05) is 10.9 Å². The van der Waals surface area contributed by atoms with Gasteiger partial charge in [-0.05, 0) is 90.1 Å². The Balaban J connectivity index is 0.000000270. The van der Waals surface area contributed by atoms with E-state index in [-0.39, 0.29) is 36.8 Å². The second kappa shape index (κ2) is 16.3. The van der Waals surface area contributed by atoms with Crippen molar-refractivity contribution in [3.8, 4) is 0 Å². The molecule has 2 aliphatic rings. The first-order chi connectivity index (χ1) is 23.3. The number of nitrogens with one attached hydrogen (secondary N) is 4. The summed E-state index contributed by atoms with van der Waals surface area (Å²) in [6.07, 6.45) is -1.17. The Morgan fingerprint density at radius 2 is 0.800 bits per heavy atom. The maximum absolute atomic E-state index is 11.9.